The summed E-state index contributed by atoms with van der Waals surface area (Å²) in [5, 5.41) is 3.14. The quantitative estimate of drug-likeness (QED) is 0.238. The molecular weight excluding hydrogens is 579 g/mol. The Morgan fingerprint density at radius 3 is 2.79 bits per heavy atom. The number of amidine groups is 1. The zero-order chi connectivity index (χ0) is 30.7. The van der Waals surface area contributed by atoms with Crippen LogP contribution in [0, 0.1) is 31.1 Å². The lowest BCUT2D eigenvalue weighted by Crippen LogP contribution is -2.40. The standard InChI is InChI=1S/C35H42ClFN4OS/c1-6-16-40(25(5)42)17-15-23(3)26-20-31-33(30-14-12-27(38-30)11-10-24(4)37)34(28-13-9-22(2)19-29(28)36)39-35(41(31)21-26)32-8-7-18-43-32/h1,7,9,12-14,18-19,23-24,26-27,32,34H,8,10-11,15-17,20-21H2,2-5H3/t23?,24?,26-,27?,32?,34-/m0/s1. The maximum absolute atomic E-state index is 13.7. The second kappa shape index (κ2) is 13.9. The number of benzene rings is 1. The summed E-state index contributed by atoms with van der Waals surface area (Å²) in [4.78, 5) is 26.9. The van der Waals surface area contributed by atoms with E-state index in [4.69, 9.17) is 28.0 Å². The van der Waals surface area contributed by atoms with E-state index in [9.17, 15) is 9.18 Å². The number of fused-ring (bicyclic) bond motifs is 1. The Morgan fingerprint density at radius 2 is 2.12 bits per heavy atom. The van der Waals surface area contributed by atoms with Crippen LogP contribution >= 0.6 is 23.4 Å². The molecule has 4 unspecified atom stereocenters. The minimum Gasteiger partial charge on any atom is -0.332 e. The molecule has 1 saturated heterocycles. The molecule has 1 amide bonds. The molecule has 4 aliphatic heterocycles. The maximum Gasteiger partial charge on any atom is 0.220 e. The maximum atomic E-state index is 13.7. The summed E-state index contributed by atoms with van der Waals surface area (Å²) in [6, 6.07) is 5.92. The smallest absolute Gasteiger partial charge is 0.220 e. The highest BCUT2D eigenvalue weighted by Gasteiger charge is 2.43. The minimum absolute atomic E-state index is 0.0136. The normalized spacial score (nSPS) is 25.8. The molecule has 5 nitrogen and oxygen atoms in total. The number of rotatable bonds is 11. The van der Waals surface area contributed by atoms with Crippen molar-refractivity contribution < 1.29 is 9.18 Å². The summed E-state index contributed by atoms with van der Waals surface area (Å²) in [6.45, 7) is 9.39. The number of nitrogens with zero attached hydrogens (tertiary/aromatic N) is 4. The molecule has 43 heavy (non-hydrogen) atoms. The molecule has 0 N–H and O–H groups in total. The van der Waals surface area contributed by atoms with Crippen LogP contribution in [0.15, 0.2) is 63.1 Å². The van der Waals surface area contributed by atoms with Crippen LogP contribution in [0.1, 0.15) is 70.0 Å². The zero-order valence-electron chi connectivity index (χ0n) is 25.6. The molecule has 6 atom stereocenters. The molecule has 0 bridgehead atoms. The predicted octanol–water partition coefficient (Wildman–Crippen LogP) is 7.72. The van der Waals surface area contributed by atoms with Gasteiger partial charge >= 0.3 is 0 Å². The van der Waals surface area contributed by atoms with Crippen molar-refractivity contribution in [3.63, 3.8) is 0 Å². The number of allylic oxidation sites excluding steroid dienone is 3. The Balaban J connectivity index is 1.53. The number of hydrogen-bond donors (Lipinski definition) is 0. The van der Waals surface area contributed by atoms with Gasteiger partial charge in [0, 0.05) is 36.3 Å². The highest BCUT2D eigenvalue weighted by molar-refractivity contribution is 8.03. The third kappa shape index (κ3) is 7.13. The fourth-order valence-electron chi connectivity index (χ4n) is 6.48. The van der Waals surface area contributed by atoms with Gasteiger partial charge in [-0.25, -0.2) is 4.39 Å². The van der Waals surface area contributed by atoms with E-state index in [1.165, 1.54) is 5.70 Å². The first-order valence-corrected chi connectivity index (χ1v) is 16.7. The van der Waals surface area contributed by atoms with Gasteiger partial charge in [-0.1, -0.05) is 48.7 Å². The molecule has 0 saturated carbocycles. The van der Waals surface area contributed by atoms with Crippen molar-refractivity contribution in [3.05, 3.63) is 69.3 Å². The first-order valence-electron chi connectivity index (χ1n) is 15.4. The minimum atomic E-state index is -0.847. The third-order valence-electron chi connectivity index (χ3n) is 9.05. The molecule has 0 spiro atoms. The molecule has 228 valence electrons. The summed E-state index contributed by atoms with van der Waals surface area (Å²) < 4.78 is 13.7. The summed E-state index contributed by atoms with van der Waals surface area (Å²) in [7, 11) is 0. The van der Waals surface area contributed by atoms with Gasteiger partial charge in [-0.05, 0) is 86.5 Å². The van der Waals surface area contributed by atoms with Crippen LogP contribution in [0.25, 0.3) is 0 Å². The number of amides is 1. The Bertz CT molecular complexity index is 1420. The molecule has 0 radical (unpaired) electrons. The van der Waals surface area contributed by atoms with Crippen LogP contribution < -0.4 is 0 Å². The molecule has 1 aromatic carbocycles. The van der Waals surface area contributed by atoms with E-state index in [0.29, 0.717) is 42.8 Å². The van der Waals surface area contributed by atoms with Gasteiger partial charge in [0.1, 0.15) is 11.9 Å². The molecule has 1 fully saturated rings. The van der Waals surface area contributed by atoms with E-state index in [1.54, 1.807) is 18.7 Å². The number of aryl methyl sites for hydroxylation is 1. The average molecular weight is 621 g/mol. The first kappa shape index (κ1) is 31.6. The molecule has 8 heteroatoms. The van der Waals surface area contributed by atoms with Gasteiger partial charge in [0.25, 0.3) is 0 Å². The topological polar surface area (TPSA) is 48.3 Å². The summed E-state index contributed by atoms with van der Waals surface area (Å²) >= 11 is 8.76. The van der Waals surface area contributed by atoms with Gasteiger partial charge in [-0.3, -0.25) is 14.8 Å². The van der Waals surface area contributed by atoms with Gasteiger partial charge in [0.05, 0.1) is 29.7 Å². The van der Waals surface area contributed by atoms with Crippen LogP contribution in [-0.2, 0) is 4.79 Å². The largest absolute Gasteiger partial charge is 0.332 e. The second-order valence-electron chi connectivity index (χ2n) is 12.3. The molecule has 4 aliphatic rings. The second-order valence-corrected chi connectivity index (χ2v) is 13.8. The van der Waals surface area contributed by atoms with Crippen molar-refractivity contribution in [2.75, 3.05) is 19.6 Å². The van der Waals surface area contributed by atoms with Crippen molar-refractivity contribution in [1.82, 2.24) is 9.80 Å². The van der Waals surface area contributed by atoms with Crippen molar-refractivity contribution in [3.8, 4) is 12.3 Å². The Kier molecular flexibility index (Phi) is 10.2. The summed E-state index contributed by atoms with van der Waals surface area (Å²) in [5.41, 5.74) is 5.42. The van der Waals surface area contributed by atoms with Gasteiger partial charge in [0.15, 0.2) is 0 Å². The highest BCUT2D eigenvalue weighted by atomic mass is 35.5. The van der Waals surface area contributed by atoms with Gasteiger partial charge in [-0.2, -0.15) is 0 Å². The molecule has 4 heterocycles. The van der Waals surface area contributed by atoms with Crippen molar-refractivity contribution in [1.29, 1.82) is 0 Å². The SMILES string of the molecule is C#CCN(CCC(C)[C@H]1CC2=C(C3=NC(CCC(C)F)C=C3)[C@H](c3ccc(C)cc3Cl)N=C(C3CC=CS3)N2C1)C(C)=O. The van der Waals surface area contributed by atoms with Gasteiger partial charge in [-0.15, -0.1) is 18.2 Å². The van der Waals surface area contributed by atoms with E-state index in [2.05, 4.69) is 53.5 Å². The van der Waals surface area contributed by atoms with Gasteiger partial charge in [0.2, 0.25) is 5.91 Å². The van der Waals surface area contributed by atoms with E-state index < -0.39 is 6.17 Å². The lowest BCUT2D eigenvalue weighted by Gasteiger charge is -2.35. The summed E-state index contributed by atoms with van der Waals surface area (Å²) in [5.74, 6) is 4.49. The van der Waals surface area contributed by atoms with Crippen LogP contribution in [0.2, 0.25) is 5.02 Å². The lowest BCUT2D eigenvalue weighted by atomic mass is 9.86. The van der Waals surface area contributed by atoms with Crippen molar-refractivity contribution in [2.45, 2.75) is 83.3 Å². The first-order chi connectivity index (χ1) is 20.7. The van der Waals surface area contributed by atoms with E-state index in [1.807, 2.05) is 24.8 Å². The molecule has 0 aliphatic carbocycles. The number of hydrogen-bond acceptors (Lipinski definition) is 5. The van der Waals surface area contributed by atoms with Crippen molar-refractivity contribution in [2.24, 2.45) is 21.8 Å². The summed E-state index contributed by atoms with van der Waals surface area (Å²) in [6.07, 6.45) is 15.0. The molecule has 5 rings (SSSR count). The average Bonchev–Trinajstić information content (AvgIpc) is 3.74. The van der Waals surface area contributed by atoms with Crippen LogP contribution in [0.5, 0.6) is 0 Å². The Morgan fingerprint density at radius 1 is 1.30 bits per heavy atom. The van der Waals surface area contributed by atoms with E-state index in [0.717, 1.165) is 54.1 Å². The highest BCUT2D eigenvalue weighted by Crippen LogP contribution is 2.47. The third-order valence-corrected chi connectivity index (χ3v) is 10.5. The number of alkyl halides is 1. The van der Waals surface area contributed by atoms with Crippen LogP contribution in [-0.4, -0.2) is 64.4 Å². The van der Waals surface area contributed by atoms with Crippen LogP contribution in [0.3, 0.4) is 0 Å². The molecular formula is C35H42ClFN4OS. The predicted molar refractivity (Wildman–Crippen MR) is 178 cm³/mol. The fraction of sp³-hybridized carbons (Fsp3) is 0.514. The fourth-order valence-corrected chi connectivity index (χ4v) is 7.76. The number of halogens is 2. The number of terminal acetylenes is 1. The molecule has 1 aromatic rings. The van der Waals surface area contributed by atoms with E-state index in [-0.39, 0.29) is 23.2 Å². The Labute approximate surface area is 265 Å². The molecule has 0 aromatic heterocycles. The number of carbonyl (C=O) groups excluding carboxylic acids is 1. The van der Waals surface area contributed by atoms with Crippen molar-refractivity contribution >= 4 is 40.8 Å². The Hall–Kier alpha value is -2.82. The lowest BCUT2D eigenvalue weighted by molar-refractivity contribution is -0.128. The van der Waals surface area contributed by atoms with E-state index >= 15 is 0 Å². The van der Waals surface area contributed by atoms with Gasteiger partial charge < -0.3 is 9.80 Å². The number of thioether (sulfide) groups is 1. The zero-order valence-corrected chi connectivity index (χ0v) is 27.2. The number of aliphatic imine (C=N–C) groups is 2. The number of carbonyl (C=O) groups is 1. The monoisotopic (exact) mass is 620 g/mol. The van der Waals surface area contributed by atoms with Crippen LogP contribution in [0.4, 0.5) is 4.39 Å².